The van der Waals surface area contributed by atoms with E-state index in [9.17, 15) is 9.59 Å². The highest BCUT2D eigenvalue weighted by Crippen LogP contribution is 2.43. The Morgan fingerprint density at radius 1 is 1.15 bits per heavy atom. The third-order valence-corrected chi connectivity index (χ3v) is 5.93. The summed E-state index contributed by atoms with van der Waals surface area (Å²) in [5.41, 5.74) is 0. The van der Waals surface area contributed by atoms with Gasteiger partial charge in [0.25, 0.3) is 5.91 Å². The number of hydrogen-bond donors (Lipinski definition) is 0. The lowest BCUT2D eigenvalue weighted by Crippen LogP contribution is -2.41. The summed E-state index contributed by atoms with van der Waals surface area (Å²) in [6.07, 6.45) is 6.09. The smallest absolute Gasteiger partial charge is 0.327 e. The first-order valence-corrected chi connectivity index (χ1v) is 9.59. The number of benzene rings is 1. The Balaban J connectivity index is 1.30. The minimum atomic E-state index is -0.213. The van der Waals surface area contributed by atoms with Crippen LogP contribution in [0.25, 0.3) is 0 Å². The summed E-state index contributed by atoms with van der Waals surface area (Å²) >= 11 is 0. The van der Waals surface area contributed by atoms with Crippen LogP contribution in [0.15, 0.2) is 24.3 Å². The highest BCUT2D eigenvalue weighted by Gasteiger charge is 2.55. The van der Waals surface area contributed by atoms with Crippen LogP contribution < -0.4 is 9.47 Å². The van der Waals surface area contributed by atoms with E-state index in [1.54, 1.807) is 7.11 Å². The maximum absolute atomic E-state index is 12.8. The lowest BCUT2D eigenvalue weighted by molar-refractivity contribution is -0.128. The van der Waals surface area contributed by atoms with Crippen LogP contribution in [0.2, 0.25) is 0 Å². The van der Waals surface area contributed by atoms with Crippen LogP contribution >= 0.6 is 0 Å². The summed E-state index contributed by atoms with van der Waals surface area (Å²) in [5.74, 6) is 2.00. The number of nitrogens with zero attached hydrogens (tertiary/aromatic N) is 2. The zero-order valence-corrected chi connectivity index (χ0v) is 15.2. The average Bonchev–Trinajstić information content (AvgIpc) is 3.16. The third-order valence-electron chi connectivity index (χ3n) is 5.93. The summed E-state index contributed by atoms with van der Waals surface area (Å²) < 4.78 is 10.9. The molecule has 1 saturated carbocycles. The number of fused-ring (bicyclic) bond motifs is 3. The van der Waals surface area contributed by atoms with Crippen LogP contribution in [0.3, 0.4) is 0 Å². The van der Waals surface area contributed by atoms with E-state index < -0.39 is 0 Å². The van der Waals surface area contributed by atoms with Gasteiger partial charge in [-0.15, -0.1) is 0 Å². The zero-order valence-electron chi connectivity index (χ0n) is 15.2. The summed E-state index contributed by atoms with van der Waals surface area (Å²) in [5, 5.41) is 0. The standard InChI is InChI=1S/C20H26N2O4/c1-25-15-7-4-8-16(13-15)26-11-5-10-21-19(23)18-12-14-6-2-3-9-17(14)22(18)20(21)24/h4,7-8,13-14,17-18H,2-3,5-6,9-12H2,1H3. The number of imide groups is 1. The summed E-state index contributed by atoms with van der Waals surface area (Å²) in [6.45, 7) is 0.882. The number of methoxy groups -OCH3 is 1. The van der Waals surface area contributed by atoms with Crippen molar-refractivity contribution in [2.45, 2.75) is 50.6 Å². The SMILES string of the molecule is COc1cccc(OCCCN2C(=O)C3CC4CCCCC4N3C2=O)c1. The van der Waals surface area contributed by atoms with E-state index in [1.807, 2.05) is 29.2 Å². The molecule has 2 saturated heterocycles. The number of carbonyl (C=O) groups excluding carboxylic acids is 2. The molecular weight excluding hydrogens is 332 g/mol. The topological polar surface area (TPSA) is 59.1 Å². The highest BCUT2D eigenvalue weighted by molar-refractivity contribution is 6.04. The van der Waals surface area contributed by atoms with Crippen molar-refractivity contribution in [2.75, 3.05) is 20.3 Å². The molecule has 3 unspecified atom stereocenters. The molecule has 3 fully saturated rings. The van der Waals surface area contributed by atoms with Gasteiger partial charge in [0.05, 0.1) is 13.7 Å². The van der Waals surface area contributed by atoms with E-state index in [1.165, 1.54) is 17.7 Å². The van der Waals surface area contributed by atoms with Crippen molar-refractivity contribution in [3.63, 3.8) is 0 Å². The second-order valence-corrected chi connectivity index (χ2v) is 7.42. The quantitative estimate of drug-likeness (QED) is 0.579. The Morgan fingerprint density at radius 3 is 2.81 bits per heavy atom. The third kappa shape index (κ3) is 3.02. The van der Waals surface area contributed by atoms with Crippen molar-refractivity contribution in [3.8, 4) is 11.5 Å². The van der Waals surface area contributed by atoms with Crippen molar-refractivity contribution in [2.24, 2.45) is 5.92 Å². The largest absolute Gasteiger partial charge is 0.497 e. The number of amides is 3. The molecule has 2 aliphatic heterocycles. The minimum Gasteiger partial charge on any atom is -0.497 e. The lowest BCUT2D eigenvalue weighted by Gasteiger charge is -2.31. The van der Waals surface area contributed by atoms with E-state index in [0.29, 0.717) is 25.5 Å². The first-order chi connectivity index (χ1) is 12.7. The number of ether oxygens (including phenoxy) is 2. The van der Waals surface area contributed by atoms with Crippen molar-refractivity contribution >= 4 is 11.9 Å². The molecule has 6 heteroatoms. The van der Waals surface area contributed by atoms with Crippen LogP contribution in [0, 0.1) is 5.92 Å². The van der Waals surface area contributed by atoms with Gasteiger partial charge in [0.2, 0.25) is 0 Å². The van der Waals surface area contributed by atoms with Gasteiger partial charge in [0.15, 0.2) is 0 Å². The van der Waals surface area contributed by atoms with Crippen molar-refractivity contribution in [1.29, 1.82) is 0 Å². The maximum atomic E-state index is 12.8. The van der Waals surface area contributed by atoms with Crippen LogP contribution in [0.5, 0.6) is 11.5 Å². The van der Waals surface area contributed by atoms with Crippen LogP contribution in [-0.4, -0.2) is 54.1 Å². The molecule has 140 valence electrons. The molecule has 6 nitrogen and oxygen atoms in total. The Morgan fingerprint density at radius 2 is 1.96 bits per heavy atom. The number of carbonyl (C=O) groups is 2. The van der Waals surface area contributed by atoms with Gasteiger partial charge >= 0.3 is 6.03 Å². The average molecular weight is 358 g/mol. The fourth-order valence-corrected chi connectivity index (χ4v) is 4.68. The number of urea groups is 1. The molecule has 4 rings (SSSR count). The molecule has 3 atom stereocenters. The normalized spacial score (nSPS) is 27.5. The van der Waals surface area contributed by atoms with Crippen LogP contribution in [-0.2, 0) is 4.79 Å². The molecule has 1 aromatic carbocycles. The predicted octanol–water partition coefficient (Wildman–Crippen LogP) is 3.06. The minimum absolute atomic E-state index is 0.00854. The van der Waals surface area contributed by atoms with Crippen molar-refractivity contribution in [1.82, 2.24) is 9.80 Å². The molecule has 1 aromatic rings. The van der Waals surface area contributed by atoms with E-state index >= 15 is 0 Å². The van der Waals surface area contributed by atoms with Crippen molar-refractivity contribution < 1.29 is 19.1 Å². The first-order valence-electron chi connectivity index (χ1n) is 9.59. The molecule has 0 aromatic heterocycles. The Hall–Kier alpha value is -2.24. The fraction of sp³-hybridized carbons (Fsp3) is 0.600. The van der Waals surface area contributed by atoms with E-state index in [0.717, 1.165) is 30.8 Å². The first kappa shape index (κ1) is 17.2. The molecule has 0 spiro atoms. The van der Waals surface area contributed by atoms with E-state index in [-0.39, 0.29) is 24.0 Å². The summed E-state index contributed by atoms with van der Waals surface area (Å²) in [4.78, 5) is 28.8. The van der Waals surface area contributed by atoms with Crippen LogP contribution in [0.4, 0.5) is 4.79 Å². The Labute approximate surface area is 154 Å². The fourth-order valence-electron chi connectivity index (χ4n) is 4.68. The molecule has 3 aliphatic rings. The van der Waals surface area contributed by atoms with Gasteiger partial charge in [0, 0.05) is 18.7 Å². The maximum Gasteiger partial charge on any atom is 0.327 e. The van der Waals surface area contributed by atoms with Gasteiger partial charge in [-0.1, -0.05) is 18.9 Å². The molecule has 2 heterocycles. The Kier molecular flexibility index (Phi) is 4.74. The lowest BCUT2D eigenvalue weighted by atomic mass is 9.84. The van der Waals surface area contributed by atoms with Crippen LogP contribution in [0.1, 0.15) is 38.5 Å². The monoisotopic (exact) mass is 358 g/mol. The zero-order chi connectivity index (χ0) is 18.1. The van der Waals surface area contributed by atoms with E-state index in [4.69, 9.17) is 9.47 Å². The number of hydrogen-bond acceptors (Lipinski definition) is 4. The predicted molar refractivity (Wildman–Crippen MR) is 96.2 cm³/mol. The van der Waals surface area contributed by atoms with E-state index in [2.05, 4.69) is 0 Å². The second-order valence-electron chi connectivity index (χ2n) is 7.42. The molecule has 26 heavy (non-hydrogen) atoms. The summed E-state index contributed by atoms with van der Waals surface area (Å²) in [7, 11) is 1.62. The molecule has 0 bridgehead atoms. The second kappa shape index (κ2) is 7.17. The number of rotatable bonds is 6. The van der Waals surface area contributed by atoms with Gasteiger partial charge in [-0.05, 0) is 43.7 Å². The summed E-state index contributed by atoms with van der Waals surface area (Å²) in [6, 6.07) is 7.41. The molecule has 0 radical (unpaired) electrons. The highest BCUT2D eigenvalue weighted by atomic mass is 16.5. The van der Waals surface area contributed by atoms with Gasteiger partial charge in [0.1, 0.15) is 17.5 Å². The molecule has 3 amide bonds. The Bertz CT molecular complexity index is 692. The van der Waals surface area contributed by atoms with Gasteiger partial charge in [-0.25, -0.2) is 4.79 Å². The van der Waals surface area contributed by atoms with Gasteiger partial charge in [-0.2, -0.15) is 0 Å². The molecular formula is C20H26N2O4. The molecule has 0 N–H and O–H groups in total. The van der Waals surface area contributed by atoms with Crippen molar-refractivity contribution in [3.05, 3.63) is 24.3 Å². The molecule has 1 aliphatic carbocycles. The van der Waals surface area contributed by atoms with Gasteiger partial charge in [-0.3, -0.25) is 9.69 Å². The van der Waals surface area contributed by atoms with Gasteiger partial charge < -0.3 is 14.4 Å².